The molecular formula is C23H32O2. The van der Waals surface area contributed by atoms with E-state index in [9.17, 15) is 9.90 Å². The maximum atomic E-state index is 12.1. The molecule has 25 heavy (non-hydrogen) atoms. The summed E-state index contributed by atoms with van der Waals surface area (Å²) in [5.74, 6) is -0.0735. The summed E-state index contributed by atoms with van der Waals surface area (Å²) in [6.07, 6.45) is 13.6. The number of benzene rings is 1. The van der Waals surface area contributed by atoms with E-state index in [1.165, 1.54) is 11.1 Å². The smallest absolute Gasteiger partial charge is 0.314 e. The first-order valence-electron chi connectivity index (χ1n) is 9.72. The van der Waals surface area contributed by atoms with Crippen molar-refractivity contribution in [3.63, 3.8) is 0 Å². The van der Waals surface area contributed by atoms with Gasteiger partial charge in [-0.15, -0.1) is 0 Å². The lowest BCUT2D eigenvalue weighted by Crippen LogP contribution is -2.37. The van der Waals surface area contributed by atoms with Crippen LogP contribution in [0.15, 0.2) is 48.6 Å². The molecule has 0 heterocycles. The van der Waals surface area contributed by atoms with Gasteiger partial charge in [0.2, 0.25) is 0 Å². The Morgan fingerprint density at radius 2 is 2.00 bits per heavy atom. The third kappa shape index (κ3) is 4.42. The maximum absolute atomic E-state index is 12.1. The Balaban J connectivity index is 2.19. The number of aliphatic carboxylic acids is 1. The summed E-state index contributed by atoms with van der Waals surface area (Å²) in [6, 6.07) is 8.64. The van der Waals surface area contributed by atoms with Gasteiger partial charge in [0, 0.05) is 0 Å². The molecule has 0 saturated carbocycles. The molecule has 1 N–H and O–H groups in total. The van der Waals surface area contributed by atoms with Crippen molar-refractivity contribution < 1.29 is 9.90 Å². The molecule has 0 aromatic heterocycles. The van der Waals surface area contributed by atoms with E-state index >= 15 is 0 Å². The molecule has 1 aromatic rings. The topological polar surface area (TPSA) is 37.3 Å². The summed E-state index contributed by atoms with van der Waals surface area (Å²) in [5.41, 5.74) is 2.04. The minimum absolute atomic E-state index is 0.0616. The second-order valence-corrected chi connectivity index (χ2v) is 7.35. The number of hydrogen-bond donors (Lipinski definition) is 1. The van der Waals surface area contributed by atoms with E-state index < -0.39 is 11.4 Å². The van der Waals surface area contributed by atoms with Crippen molar-refractivity contribution in [2.24, 2.45) is 11.3 Å². The normalized spacial score (nSPS) is 23.6. The number of allylic oxidation sites excluding steroid dienone is 3. The predicted molar refractivity (Wildman–Crippen MR) is 105 cm³/mol. The lowest BCUT2D eigenvalue weighted by Gasteiger charge is -2.35. The molecule has 0 amide bonds. The molecule has 2 rings (SSSR count). The van der Waals surface area contributed by atoms with Gasteiger partial charge >= 0.3 is 5.97 Å². The molecule has 136 valence electrons. The molecule has 2 heteroatoms. The number of hydrogen-bond acceptors (Lipinski definition) is 1. The van der Waals surface area contributed by atoms with Crippen LogP contribution in [0.3, 0.4) is 0 Å². The van der Waals surface area contributed by atoms with Crippen LogP contribution in [0.1, 0.15) is 69.9 Å². The summed E-state index contributed by atoms with van der Waals surface area (Å²) >= 11 is 0. The minimum Gasteiger partial charge on any atom is -0.481 e. The van der Waals surface area contributed by atoms with Crippen LogP contribution in [0.2, 0.25) is 0 Å². The Morgan fingerprint density at radius 3 is 2.68 bits per heavy atom. The summed E-state index contributed by atoms with van der Waals surface area (Å²) in [6.45, 7) is 6.61. The molecule has 1 aliphatic rings. The van der Waals surface area contributed by atoms with E-state index in [4.69, 9.17) is 0 Å². The molecule has 3 unspecified atom stereocenters. The average molecular weight is 341 g/mol. The first kappa shape index (κ1) is 19.5. The fourth-order valence-corrected chi connectivity index (χ4v) is 3.92. The van der Waals surface area contributed by atoms with Gasteiger partial charge in [-0.1, -0.05) is 82.2 Å². The van der Waals surface area contributed by atoms with Crippen molar-refractivity contribution in [2.75, 3.05) is 0 Å². The van der Waals surface area contributed by atoms with Gasteiger partial charge in [-0.25, -0.2) is 0 Å². The van der Waals surface area contributed by atoms with Gasteiger partial charge in [-0.05, 0) is 48.6 Å². The molecule has 2 nitrogen and oxygen atoms in total. The van der Waals surface area contributed by atoms with Gasteiger partial charge < -0.3 is 5.11 Å². The Kier molecular flexibility index (Phi) is 7.04. The second kappa shape index (κ2) is 9.03. The third-order valence-electron chi connectivity index (χ3n) is 5.78. The highest BCUT2D eigenvalue weighted by Gasteiger charge is 2.42. The van der Waals surface area contributed by atoms with E-state index in [-0.39, 0.29) is 5.92 Å². The zero-order valence-electron chi connectivity index (χ0n) is 15.9. The molecular weight excluding hydrogens is 308 g/mol. The third-order valence-corrected chi connectivity index (χ3v) is 5.78. The van der Waals surface area contributed by atoms with Gasteiger partial charge in [-0.2, -0.15) is 0 Å². The zero-order chi connectivity index (χ0) is 18.3. The highest BCUT2D eigenvalue weighted by atomic mass is 16.4. The molecule has 0 aliphatic heterocycles. The quantitative estimate of drug-likeness (QED) is 0.586. The van der Waals surface area contributed by atoms with Crippen molar-refractivity contribution in [3.8, 4) is 0 Å². The SMILES string of the molecule is CCCCC1(C(=O)O)C=CC=CC1CCc1ccccc1C(C)CC. The number of carboxylic acids is 1. The van der Waals surface area contributed by atoms with Crippen LogP contribution in [0, 0.1) is 11.3 Å². The molecule has 0 saturated heterocycles. The van der Waals surface area contributed by atoms with E-state index in [0.29, 0.717) is 5.92 Å². The highest BCUT2D eigenvalue weighted by molar-refractivity contribution is 5.78. The number of aryl methyl sites for hydroxylation is 1. The Bertz CT molecular complexity index is 629. The molecule has 0 radical (unpaired) electrons. The molecule has 0 fully saturated rings. The van der Waals surface area contributed by atoms with Gasteiger partial charge in [0.05, 0.1) is 5.41 Å². The van der Waals surface area contributed by atoms with E-state index in [2.05, 4.69) is 51.1 Å². The number of rotatable bonds is 9. The van der Waals surface area contributed by atoms with E-state index in [0.717, 1.165) is 38.5 Å². The predicted octanol–water partition coefficient (Wildman–Crippen LogP) is 6.14. The lowest BCUT2D eigenvalue weighted by molar-refractivity contribution is -0.148. The summed E-state index contributed by atoms with van der Waals surface area (Å²) in [7, 11) is 0. The fourth-order valence-electron chi connectivity index (χ4n) is 3.92. The molecule has 1 aromatic carbocycles. The maximum Gasteiger partial charge on any atom is 0.314 e. The Hall–Kier alpha value is -1.83. The van der Waals surface area contributed by atoms with Gasteiger partial charge in [0.25, 0.3) is 0 Å². The van der Waals surface area contributed by atoms with Crippen LogP contribution < -0.4 is 0 Å². The van der Waals surface area contributed by atoms with E-state index in [1.54, 1.807) is 0 Å². The highest BCUT2D eigenvalue weighted by Crippen LogP contribution is 2.41. The number of carboxylic acid groups (broad SMARTS) is 1. The van der Waals surface area contributed by atoms with Gasteiger partial charge in [0.15, 0.2) is 0 Å². The summed E-state index contributed by atoms with van der Waals surface area (Å²) in [4.78, 5) is 12.1. The number of unbranched alkanes of at least 4 members (excludes halogenated alkanes) is 1. The first-order chi connectivity index (χ1) is 12.0. The average Bonchev–Trinajstić information content (AvgIpc) is 2.64. The molecule has 3 atom stereocenters. The van der Waals surface area contributed by atoms with Crippen molar-refractivity contribution >= 4 is 5.97 Å². The summed E-state index contributed by atoms with van der Waals surface area (Å²) < 4.78 is 0. The molecule has 0 bridgehead atoms. The van der Waals surface area contributed by atoms with Crippen LogP contribution in [0.4, 0.5) is 0 Å². The van der Waals surface area contributed by atoms with E-state index in [1.807, 2.05) is 18.2 Å². The largest absolute Gasteiger partial charge is 0.481 e. The minimum atomic E-state index is -0.740. The van der Waals surface area contributed by atoms with Gasteiger partial charge in [0.1, 0.15) is 0 Å². The van der Waals surface area contributed by atoms with Crippen LogP contribution in [0.5, 0.6) is 0 Å². The second-order valence-electron chi connectivity index (χ2n) is 7.35. The van der Waals surface area contributed by atoms with Crippen LogP contribution in [-0.2, 0) is 11.2 Å². The fraction of sp³-hybridized carbons (Fsp3) is 0.522. The van der Waals surface area contributed by atoms with Crippen molar-refractivity contribution in [2.45, 2.75) is 65.2 Å². The Labute approximate surface area is 152 Å². The van der Waals surface area contributed by atoms with Crippen LogP contribution in [0.25, 0.3) is 0 Å². The van der Waals surface area contributed by atoms with Crippen molar-refractivity contribution in [1.29, 1.82) is 0 Å². The standard InChI is InChI=1S/C23H32O2/c1-4-6-16-23(22(24)25)17-10-9-12-20(23)15-14-19-11-7-8-13-21(19)18(3)5-2/h7-13,17-18,20H,4-6,14-16H2,1-3H3,(H,24,25). The molecule has 1 aliphatic carbocycles. The first-order valence-corrected chi connectivity index (χ1v) is 9.72. The lowest BCUT2D eigenvalue weighted by atomic mass is 9.67. The van der Waals surface area contributed by atoms with Crippen molar-refractivity contribution in [1.82, 2.24) is 0 Å². The summed E-state index contributed by atoms with van der Waals surface area (Å²) in [5, 5.41) is 9.98. The van der Waals surface area contributed by atoms with Crippen molar-refractivity contribution in [3.05, 3.63) is 59.7 Å². The molecule has 0 spiro atoms. The van der Waals surface area contributed by atoms with Crippen LogP contribution >= 0.6 is 0 Å². The van der Waals surface area contributed by atoms with Gasteiger partial charge in [-0.3, -0.25) is 4.79 Å². The zero-order valence-corrected chi connectivity index (χ0v) is 15.9. The van der Waals surface area contributed by atoms with Crippen LogP contribution in [-0.4, -0.2) is 11.1 Å². The monoisotopic (exact) mass is 340 g/mol. The number of carbonyl (C=O) groups is 1. The Morgan fingerprint density at radius 1 is 1.24 bits per heavy atom.